The molecule has 1 rings (SSSR count). The van der Waals surface area contributed by atoms with E-state index in [1.54, 1.807) is 0 Å². The van der Waals surface area contributed by atoms with E-state index in [9.17, 15) is 0 Å². The second-order valence-electron chi connectivity index (χ2n) is 2.07. The third kappa shape index (κ3) is 0.735. The molecule has 0 saturated heterocycles. The van der Waals surface area contributed by atoms with Crippen molar-refractivity contribution in [3.05, 3.63) is 17.5 Å². The van der Waals surface area contributed by atoms with Crippen molar-refractivity contribution in [1.29, 1.82) is 0 Å². The Morgan fingerprint density at radius 1 is 1.50 bits per heavy atom. The van der Waals surface area contributed by atoms with E-state index in [4.69, 9.17) is 0 Å². The van der Waals surface area contributed by atoms with Gasteiger partial charge in [-0.25, -0.2) is 0 Å². The Morgan fingerprint density at radius 2 is 2.12 bits per heavy atom. The van der Waals surface area contributed by atoms with Crippen LogP contribution < -0.4 is 0 Å². The summed E-state index contributed by atoms with van der Waals surface area (Å²) in [5, 5.41) is 4.13. The van der Waals surface area contributed by atoms with Crippen LogP contribution in [0.3, 0.4) is 0 Å². The Hall–Kier alpha value is -0.790. The van der Waals surface area contributed by atoms with E-state index in [-0.39, 0.29) is 0 Å². The van der Waals surface area contributed by atoms with Crippen LogP contribution >= 0.6 is 0 Å². The second-order valence-corrected chi connectivity index (χ2v) is 2.07. The molecule has 0 aliphatic carbocycles. The number of rotatable bonds is 0. The van der Waals surface area contributed by atoms with Crippen molar-refractivity contribution in [1.82, 2.24) is 9.78 Å². The van der Waals surface area contributed by atoms with E-state index >= 15 is 0 Å². The summed E-state index contributed by atoms with van der Waals surface area (Å²) >= 11 is 0. The summed E-state index contributed by atoms with van der Waals surface area (Å²) in [4.78, 5) is 0. The minimum absolute atomic E-state index is 1.12. The average Bonchev–Trinajstić information content (AvgIpc) is 1.85. The Kier molecular flexibility index (Phi) is 1.08. The molecule has 1 aromatic heterocycles. The monoisotopic (exact) mass is 110 g/mol. The predicted molar refractivity (Wildman–Crippen MR) is 32.7 cm³/mol. The van der Waals surface area contributed by atoms with Gasteiger partial charge in [-0.15, -0.1) is 0 Å². The Labute approximate surface area is 49.1 Å². The summed E-state index contributed by atoms with van der Waals surface area (Å²) in [5.41, 5.74) is 2.38. The van der Waals surface area contributed by atoms with Crippen molar-refractivity contribution in [2.45, 2.75) is 13.8 Å². The van der Waals surface area contributed by atoms with Crippen LogP contribution in [0.5, 0.6) is 0 Å². The average molecular weight is 110 g/mol. The van der Waals surface area contributed by atoms with Crippen molar-refractivity contribution < 1.29 is 0 Å². The Bertz CT molecular complexity index is 169. The maximum Gasteiger partial charge on any atom is 0.0622 e. The van der Waals surface area contributed by atoms with Crippen molar-refractivity contribution in [2.24, 2.45) is 7.05 Å². The zero-order chi connectivity index (χ0) is 6.15. The molecule has 0 radical (unpaired) electrons. The van der Waals surface area contributed by atoms with Crippen LogP contribution in [0.4, 0.5) is 0 Å². The third-order valence-electron chi connectivity index (χ3n) is 1.26. The maximum absolute atomic E-state index is 4.13. The lowest BCUT2D eigenvalue weighted by Gasteiger charge is -1.79. The molecule has 0 aliphatic rings. The van der Waals surface area contributed by atoms with E-state index in [2.05, 4.69) is 12.0 Å². The standard InChI is InChI=1S/C6H10N2/c1-5-4-8(3)7-6(5)2/h4H,1-3H3. The number of hydrogen-bond donors (Lipinski definition) is 0. The van der Waals surface area contributed by atoms with Crippen LogP contribution in [0.25, 0.3) is 0 Å². The second kappa shape index (κ2) is 1.62. The first kappa shape index (κ1) is 5.35. The summed E-state index contributed by atoms with van der Waals surface area (Å²) in [6, 6.07) is 0. The van der Waals surface area contributed by atoms with Gasteiger partial charge >= 0.3 is 0 Å². The van der Waals surface area contributed by atoms with Crippen LogP contribution in [0.2, 0.25) is 0 Å². The fraction of sp³-hybridized carbons (Fsp3) is 0.500. The van der Waals surface area contributed by atoms with Crippen LogP contribution in [0.15, 0.2) is 6.20 Å². The molecule has 1 aromatic rings. The van der Waals surface area contributed by atoms with Gasteiger partial charge < -0.3 is 0 Å². The van der Waals surface area contributed by atoms with Gasteiger partial charge in [-0.1, -0.05) is 0 Å². The molecule has 2 nitrogen and oxygen atoms in total. The molecule has 0 N–H and O–H groups in total. The number of aryl methyl sites for hydroxylation is 3. The topological polar surface area (TPSA) is 17.8 Å². The van der Waals surface area contributed by atoms with Gasteiger partial charge in [-0.05, 0) is 19.4 Å². The molecule has 0 aliphatic heterocycles. The van der Waals surface area contributed by atoms with Crippen LogP contribution in [-0.4, -0.2) is 9.78 Å². The van der Waals surface area contributed by atoms with Gasteiger partial charge in [0, 0.05) is 13.2 Å². The molecular formula is C6H10N2. The largest absolute Gasteiger partial charge is 0.275 e. The van der Waals surface area contributed by atoms with E-state index in [0.29, 0.717) is 0 Å². The third-order valence-corrected chi connectivity index (χ3v) is 1.26. The first-order valence-electron chi connectivity index (χ1n) is 2.67. The number of aromatic nitrogens is 2. The van der Waals surface area contributed by atoms with E-state index in [1.165, 1.54) is 5.56 Å². The number of nitrogens with zero attached hydrogens (tertiary/aromatic N) is 2. The van der Waals surface area contributed by atoms with Gasteiger partial charge in [0.15, 0.2) is 0 Å². The van der Waals surface area contributed by atoms with Crippen molar-refractivity contribution >= 4 is 0 Å². The summed E-state index contributed by atoms with van der Waals surface area (Å²) in [6.07, 6.45) is 2.01. The molecule has 44 valence electrons. The SMILES string of the molecule is Cc1cn(C)nc1C. The smallest absolute Gasteiger partial charge is 0.0622 e. The van der Waals surface area contributed by atoms with Gasteiger partial charge in [0.05, 0.1) is 5.69 Å². The summed E-state index contributed by atoms with van der Waals surface area (Å²) in [7, 11) is 1.93. The highest BCUT2D eigenvalue weighted by Gasteiger charge is 1.92. The fourth-order valence-corrected chi connectivity index (χ4v) is 0.718. The lowest BCUT2D eigenvalue weighted by molar-refractivity contribution is 0.756. The summed E-state index contributed by atoms with van der Waals surface area (Å²) < 4.78 is 1.82. The maximum atomic E-state index is 4.13. The minimum atomic E-state index is 1.12. The molecule has 2 heteroatoms. The van der Waals surface area contributed by atoms with Gasteiger partial charge in [0.2, 0.25) is 0 Å². The highest BCUT2D eigenvalue weighted by molar-refractivity contribution is 5.11. The van der Waals surface area contributed by atoms with E-state index in [0.717, 1.165) is 5.69 Å². The molecule has 0 saturated carbocycles. The van der Waals surface area contributed by atoms with Gasteiger partial charge in [0.1, 0.15) is 0 Å². The van der Waals surface area contributed by atoms with Gasteiger partial charge in [0.25, 0.3) is 0 Å². The zero-order valence-electron chi connectivity index (χ0n) is 5.47. The molecule has 0 amide bonds. The molecule has 0 fully saturated rings. The Morgan fingerprint density at radius 3 is 2.25 bits per heavy atom. The zero-order valence-corrected chi connectivity index (χ0v) is 5.47. The van der Waals surface area contributed by atoms with Crippen molar-refractivity contribution in [3.63, 3.8) is 0 Å². The predicted octanol–water partition coefficient (Wildman–Crippen LogP) is 1.04. The number of hydrogen-bond acceptors (Lipinski definition) is 1. The molecule has 0 unspecified atom stereocenters. The summed E-state index contributed by atoms with van der Waals surface area (Å²) in [6.45, 7) is 4.07. The first-order valence-corrected chi connectivity index (χ1v) is 2.67. The Balaban J connectivity index is 3.14. The van der Waals surface area contributed by atoms with Crippen molar-refractivity contribution in [3.8, 4) is 0 Å². The van der Waals surface area contributed by atoms with Gasteiger partial charge in [-0.3, -0.25) is 4.68 Å². The van der Waals surface area contributed by atoms with Crippen LogP contribution in [0.1, 0.15) is 11.3 Å². The summed E-state index contributed by atoms with van der Waals surface area (Å²) in [5.74, 6) is 0. The highest BCUT2D eigenvalue weighted by atomic mass is 15.2. The molecule has 0 aromatic carbocycles. The molecule has 8 heavy (non-hydrogen) atoms. The lowest BCUT2D eigenvalue weighted by atomic mass is 10.3. The van der Waals surface area contributed by atoms with E-state index in [1.807, 2.05) is 24.9 Å². The quantitative estimate of drug-likeness (QED) is 0.488. The molecular weight excluding hydrogens is 100 g/mol. The fourth-order valence-electron chi connectivity index (χ4n) is 0.718. The normalized spacial score (nSPS) is 9.88. The minimum Gasteiger partial charge on any atom is -0.275 e. The van der Waals surface area contributed by atoms with Crippen LogP contribution in [0, 0.1) is 13.8 Å². The highest BCUT2D eigenvalue weighted by Crippen LogP contribution is 1.99. The molecule has 0 atom stereocenters. The molecule has 0 spiro atoms. The van der Waals surface area contributed by atoms with Gasteiger partial charge in [-0.2, -0.15) is 5.10 Å². The molecule has 0 bridgehead atoms. The lowest BCUT2D eigenvalue weighted by Crippen LogP contribution is -1.86. The van der Waals surface area contributed by atoms with E-state index < -0.39 is 0 Å². The van der Waals surface area contributed by atoms with Crippen molar-refractivity contribution in [2.75, 3.05) is 0 Å². The van der Waals surface area contributed by atoms with Crippen LogP contribution in [-0.2, 0) is 7.05 Å². The molecule has 1 heterocycles. The first-order chi connectivity index (χ1) is 3.70.